The number of carbonyl (C=O) groups excluding carboxylic acids is 2. The molecule has 1 atom stereocenters. The van der Waals surface area contributed by atoms with Crippen molar-refractivity contribution in [2.24, 2.45) is 11.8 Å². The van der Waals surface area contributed by atoms with Gasteiger partial charge in [-0.05, 0) is 5.92 Å². The molecule has 0 aliphatic heterocycles. The molecule has 1 N–H and O–H groups in total. The molecule has 96 valence electrons. The fourth-order valence-electron chi connectivity index (χ4n) is 1.11. The van der Waals surface area contributed by atoms with Crippen LogP contribution in [0.4, 0.5) is 4.79 Å². The van der Waals surface area contributed by atoms with E-state index in [0.29, 0.717) is 0 Å². The highest BCUT2D eigenvalue weighted by Gasteiger charge is 2.26. The van der Waals surface area contributed by atoms with Crippen molar-refractivity contribution in [2.75, 3.05) is 7.11 Å². The van der Waals surface area contributed by atoms with E-state index < -0.39 is 12.1 Å². The van der Waals surface area contributed by atoms with E-state index in [0.717, 1.165) is 0 Å². The van der Waals surface area contributed by atoms with Crippen molar-refractivity contribution in [1.82, 2.24) is 5.32 Å². The minimum atomic E-state index is -0.558. The molecule has 0 spiro atoms. The van der Waals surface area contributed by atoms with Gasteiger partial charge in [0.15, 0.2) is 5.78 Å². The molecule has 0 saturated heterocycles. The van der Waals surface area contributed by atoms with Gasteiger partial charge < -0.3 is 10.1 Å². The van der Waals surface area contributed by atoms with Crippen molar-refractivity contribution >= 4 is 11.9 Å². The molecular formula is C12H25NO3. The molecule has 0 aliphatic carbocycles. The summed E-state index contributed by atoms with van der Waals surface area (Å²) >= 11 is 0. The molecule has 4 nitrogen and oxygen atoms in total. The fraction of sp³-hybridized carbons (Fsp3) is 0.833. The third-order valence-corrected chi connectivity index (χ3v) is 2.00. The van der Waals surface area contributed by atoms with E-state index in [4.69, 9.17) is 0 Å². The van der Waals surface area contributed by atoms with Crippen LogP contribution in [0.2, 0.25) is 0 Å². The Morgan fingerprint density at radius 1 is 1.06 bits per heavy atom. The Hall–Kier alpha value is -1.06. The van der Waals surface area contributed by atoms with E-state index in [1.165, 1.54) is 7.11 Å². The van der Waals surface area contributed by atoms with Crippen molar-refractivity contribution < 1.29 is 14.3 Å². The van der Waals surface area contributed by atoms with Gasteiger partial charge in [0, 0.05) is 5.92 Å². The monoisotopic (exact) mass is 231 g/mol. The van der Waals surface area contributed by atoms with Crippen molar-refractivity contribution in [3.05, 3.63) is 0 Å². The van der Waals surface area contributed by atoms with Crippen LogP contribution < -0.4 is 5.32 Å². The van der Waals surface area contributed by atoms with Crippen LogP contribution in [0, 0.1) is 11.8 Å². The van der Waals surface area contributed by atoms with Crippen LogP contribution in [0.25, 0.3) is 0 Å². The molecular weight excluding hydrogens is 206 g/mol. The number of amides is 1. The van der Waals surface area contributed by atoms with Crippen LogP contribution >= 0.6 is 0 Å². The van der Waals surface area contributed by atoms with Crippen LogP contribution in [-0.2, 0) is 9.53 Å². The maximum atomic E-state index is 11.7. The molecule has 0 rings (SSSR count). The Morgan fingerprint density at radius 2 is 1.50 bits per heavy atom. The molecule has 0 aromatic carbocycles. The molecule has 1 unspecified atom stereocenters. The number of hydrogen-bond donors (Lipinski definition) is 1. The summed E-state index contributed by atoms with van der Waals surface area (Å²) < 4.78 is 4.46. The summed E-state index contributed by atoms with van der Waals surface area (Å²) in [5.74, 6) is 0.0222. The number of methoxy groups -OCH3 is 1. The van der Waals surface area contributed by atoms with E-state index >= 15 is 0 Å². The highest BCUT2D eigenvalue weighted by atomic mass is 16.5. The second-order valence-corrected chi connectivity index (χ2v) is 3.91. The minimum Gasteiger partial charge on any atom is -0.453 e. The van der Waals surface area contributed by atoms with E-state index in [9.17, 15) is 9.59 Å². The standard InChI is InChI=1S/C10H19NO3.C2H6/c1-6(2)8(9(12)7(3)4)11-10(13)14-5;1-2/h6-8H,1-5H3,(H,11,13);1-2H3. The van der Waals surface area contributed by atoms with Crippen molar-refractivity contribution in [3.8, 4) is 0 Å². The second-order valence-electron chi connectivity index (χ2n) is 3.91. The summed E-state index contributed by atoms with van der Waals surface area (Å²) in [5.41, 5.74) is 0. The molecule has 0 aliphatic rings. The predicted octanol–water partition coefficient (Wildman–Crippen LogP) is 2.62. The van der Waals surface area contributed by atoms with Gasteiger partial charge >= 0.3 is 6.09 Å². The van der Waals surface area contributed by atoms with E-state index in [2.05, 4.69) is 10.1 Å². The fourth-order valence-corrected chi connectivity index (χ4v) is 1.11. The van der Waals surface area contributed by atoms with E-state index in [1.54, 1.807) is 0 Å². The predicted molar refractivity (Wildman–Crippen MR) is 65.4 cm³/mol. The second kappa shape index (κ2) is 9.19. The smallest absolute Gasteiger partial charge is 0.407 e. The summed E-state index contributed by atoms with van der Waals surface area (Å²) in [6.45, 7) is 11.4. The number of ether oxygens (including phenoxy) is 1. The van der Waals surface area contributed by atoms with Gasteiger partial charge in [0.2, 0.25) is 0 Å². The number of alkyl carbamates (subject to hydrolysis) is 1. The van der Waals surface area contributed by atoms with Gasteiger partial charge in [-0.15, -0.1) is 0 Å². The first kappa shape index (κ1) is 17.3. The maximum Gasteiger partial charge on any atom is 0.407 e. The van der Waals surface area contributed by atoms with Crippen LogP contribution in [0.3, 0.4) is 0 Å². The third-order valence-electron chi connectivity index (χ3n) is 2.00. The average molecular weight is 231 g/mol. The Morgan fingerprint density at radius 3 is 1.75 bits per heavy atom. The van der Waals surface area contributed by atoms with Gasteiger partial charge in [0.1, 0.15) is 0 Å². The summed E-state index contributed by atoms with van der Waals surface area (Å²) in [4.78, 5) is 22.6. The maximum absolute atomic E-state index is 11.7. The molecule has 0 fully saturated rings. The van der Waals surface area contributed by atoms with Crippen molar-refractivity contribution in [2.45, 2.75) is 47.6 Å². The largest absolute Gasteiger partial charge is 0.453 e. The summed E-state index contributed by atoms with van der Waals surface area (Å²) in [6, 6.07) is -0.456. The number of nitrogens with one attached hydrogen (secondary N) is 1. The molecule has 0 bridgehead atoms. The number of rotatable bonds is 4. The summed E-state index contributed by atoms with van der Waals surface area (Å²) in [7, 11) is 1.28. The average Bonchev–Trinajstić information content (AvgIpc) is 2.26. The zero-order valence-corrected chi connectivity index (χ0v) is 11.5. The van der Waals surface area contributed by atoms with Gasteiger partial charge in [-0.25, -0.2) is 4.79 Å². The lowest BCUT2D eigenvalue weighted by Gasteiger charge is -2.21. The zero-order valence-electron chi connectivity index (χ0n) is 11.5. The number of carbonyl (C=O) groups is 2. The van der Waals surface area contributed by atoms with E-state index in [-0.39, 0.29) is 17.6 Å². The Balaban J connectivity index is 0. The Labute approximate surface area is 98.7 Å². The Kier molecular flexibility index (Phi) is 9.96. The Bertz CT molecular complexity index is 212. The normalized spacial score (nSPS) is 11.6. The van der Waals surface area contributed by atoms with Gasteiger partial charge in [0.25, 0.3) is 0 Å². The lowest BCUT2D eigenvalue weighted by Crippen LogP contribution is -2.46. The number of ketones is 1. The molecule has 4 heteroatoms. The van der Waals surface area contributed by atoms with Crippen LogP contribution in [0.15, 0.2) is 0 Å². The quantitative estimate of drug-likeness (QED) is 0.809. The molecule has 0 radical (unpaired) electrons. The van der Waals surface area contributed by atoms with Gasteiger partial charge in [-0.3, -0.25) is 4.79 Å². The number of hydrogen-bond acceptors (Lipinski definition) is 3. The van der Waals surface area contributed by atoms with Gasteiger partial charge in [-0.2, -0.15) is 0 Å². The molecule has 16 heavy (non-hydrogen) atoms. The van der Waals surface area contributed by atoms with Crippen LogP contribution in [0.1, 0.15) is 41.5 Å². The van der Waals surface area contributed by atoms with Crippen LogP contribution in [-0.4, -0.2) is 25.0 Å². The lowest BCUT2D eigenvalue weighted by molar-refractivity contribution is -0.124. The van der Waals surface area contributed by atoms with E-state index in [1.807, 2.05) is 41.5 Å². The van der Waals surface area contributed by atoms with Crippen molar-refractivity contribution in [3.63, 3.8) is 0 Å². The summed E-state index contributed by atoms with van der Waals surface area (Å²) in [5, 5.41) is 2.54. The van der Waals surface area contributed by atoms with Gasteiger partial charge in [0.05, 0.1) is 13.2 Å². The molecule has 0 saturated carbocycles. The SMILES string of the molecule is CC.COC(=O)NC(C(=O)C(C)C)C(C)C. The molecule has 0 aromatic heterocycles. The van der Waals surface area contributed by atoms with Crippen LogP contribution in [0.5, 0.6) is 0 Å². The van der Waals surface area contributed by atoms with Crippen molar-refractivity contribution in [1.29, 1.82) is 0 Å². The first-order chi connectivity index (χ1) is 7.40. The lowest BCUT2D eigenvalue weighted by atomic mass is 9.93. The molecule has 0 heterocycles. The highest BCUT2D eigenvalue weighted by molar-refractivity contribution is 5.88. The van der Waals surface area contributed by atoms with Gasteiger partial charge in [-0.1, -0.05) is 41.5 Å². The number of Topliss-reactive ketones (excluding diaryl/α,β-unsaturated/α-hetero) is 1. The molecule has 1 amide bonds. The first-order valence-electron chi connectivity index (χ1n) is 5.78. The minimum absolute atomic E-state index is 0.0328. The first-order valence-corrected chi connectivity index (χ1v) is 5.78. The zero-order chi connectivity index (χ0) is 13.3. The third kappa shape index (κ3) is 6.43. The summed E-state index contributed by atoms with van der Waals surface area (Å²) in [6.07, 6.45) is -0.558. The molecule has 0 aromatic rings. The topological polar surface area (TPSA) is 55.4 Å². The highest BCUT2D eigenvalue weighted by Crippen LogP contribution is 2.09.